The molecule has 0 aliphatic carbocycles. The topological polar surface area (TPSA) is 85.8 Å². The second-order valence-corrected chi connectivity index (χ2v) is 5.40. The maximum absolute atomic E-state index is 5.87. The lowest BCUT2D eigenvalue weighted by atomic mass is 9.99. The largest absolute Gasteiger partial charge is 0.368 e. The van der Waals surface area contributed by atoms with E-state index in [9.17, 15) is 0 Å². The van der Waals surface area contributed by atoms with Crippen molar-refractivity contribution in [1.29, 1.82) is 0 Å². The highest BCUT2D eigenvalue weighted by Gasteiger charge is 2.24. The number of nitrogen functional groups attached to an aromatic ring is 1. The lowest BCUT2D eigenvalue weighted by molar-refractivity contribution is 0.428. The van der Waals surface area contributed by atoms with Gasteiger partial charge in [-0.05, 0) is 25.7 Å². The van der Waals surface area contributed by atoms with Crippen LogP contribution in [0.4, 0.5) is 11.9 Å². The first-order valence-corrected chi connectivity index (χ1v) is 7.54. The molecule has 0 aromatic carbocycles. The third kappa shape index (κ3) is 2.96. The lowest BCUT2D eigenvalue weighted by Crippen LogP contribution is -2.40. The van der Waals surface area contributed by atoms with Crippen LogP contribution in [-0.4, -0.2) is 37.1 Å². The highest BCUT2D eigenvalue weighted by molar-refractivity contribution is 5.39. The SMILES string of the molecule is CCCC1CCCCN1c1nc(N)nc(-n2ccnc2)n1. The summed E-state index contributed by atoms with van der Waals surface area (Å²) >= 11 is 0. The minimum absolute atomic E-state index is 0.254. The molecule has 1 saturated heterocycles. The van der Waals surface area contributed by atoms with E-state index in [4.69, 9.17) is 5.73 Å². The summed E-state index contributed by atoms with van der Waals surface area (Å²) < 4.78 is 1.75. The van der Waals surface area contributed by atoms with Gasteiger partial charge in [-0.3, -0.25) is 4.57 Å². The molecule has 7 nitrogen and oxygen atoms in total. The van der Waals surface area contributed by atoms with E-state index in [0.717, 1.165) is 19.4 Å². The van der Waals surface area contributed by atoms with Crippen molar-refractivity contribution >= 4 is 11.9 Å². The lowest BCUT2D eigenvalue weighted by Gasteiger charge is -2.35. The standard InChI is InChI=1S/C14H21N7/c1-2-5-11-6-3-4-8-21(11)14-18-12(15)17-13(19-14)20-9-7-16-10-20/h7,9-11H,2-6,8H2,1H3,(H2,15,17,18,19). The summed E-state index contributed by atoms with van der Waals surface area (Å²) in [4.78, 5) is 19.4. The minimum atomic E-state index is 0.254. The van der Waals surface area contributed by atoms with Crippen molar-refractivity contribution in [1.82, 2.24) is 24.5 Å². The quantitative estimate of drug-likeness (QED) is 0.922. The molecule has 3 rings (SSSR count). The van der Waals surface area contributed by atoms with Crippen LogP contribution in [-0.2, 0) is 0 Å². The van der Waals surface area contributed by atoms with Gasteiger partial charge >= 0.3 is 0 Å². The molecule has 7 heteroatoms. The molecule has 0 saturated carbocycles. The van der Waals surface area contributed by atoms with Crippen LogP contribution >= 0.6 is 0 Å². The highest BCUT2D eigenvalue weighted by Crippen LogP contribution is 2.25. The van der Waals surface area contributed by atoms with E-state index in [1.165, 1.54) is 19.3 Å². The number of imidazole rings is 1. The van der Waals surface area contributed by atoms with Crippen molar-refractivity contribution in [3.05, 3.63) is 18.7 Å². The van der Waals surface area contributed by atoms with Gasteiger partial charge in [0.1, 0.15) is 6.33 Å². The van der Waals surface area contributed by atoms with E-state index in [0.29, 0.717) is 17.9 Å². The predicted molar refractivity (Wildman–Crippen MR) is 81.3 cm³/mol. The Hall–Kier alpha value is -2.18. The molecule has 1 atom stereocenters. The highest BCUT2D eigenvalue weighted by atomic mass is 15.3. The van der Waals surface area contributed by atoms with Gasteiger partial charge in [-0.2, -0.15) is 15.0 Å². The van der Waals surface area contributed by atoms with Crippen molar-refractivity contribution in [3.63, 3.8) is 0 Å². The average molecular weight is 287 g/mol. The Kier molecular flexibility index (Phi) is 3.98. The number of hydrogen-bond donors (Lipinski definition) is 1. The molecule has 1 unspecified atom stereocenters. The van der Waals surface area contributed by atoms with Gasteiger partial charge in [0, 0.05) is 25.0 Å². The van der Waals surface area contributed by atoms with Crippen LogP contribution in [0.1, 0.15) is 39.0 Å². The van der Waals surface area contributed by atoms with Gasteiger partial charge < -0.3 is 10.6 Å². The first kappa shape index (κ1) is 13.8. The fraction of sp³-hybridized carbons (Fsp3) is 0.571. The second-order valence-electron chi connectivity index (χ2n) is 5.40. The van der Waals surface area contributed by atoms with Gasteiger partial charge in [0.25, 0.3) is 0 Å². The predicted octanol–water partition coefficient (Wildman–Crippen LogP) is 1.80. The van der Waals surface area contributed by atoms with E-state index in [-0.39, 0.29) is 5.95 Å². The normalized spacial score (nSPS) is 18.9. The van der Waals surface area contributed by atoms with Gasteiger partial charge in [0.15, 0.2) is 0 Å². The second kappa shape index (κ2) is 6.07. The van der Waals surface area contributed by atoms with E-state index >= 15 is 0 Å². The average Bonchev–Trinajstić information content (AvgIpc) is 3.02. The molecule has 0 spiro atoms. The molecule has 1 aliphatic heterocycles. The molecule has 2 aromatic rings. The van der Waals surface area contributed by atoms with Gasteiger partial charge in [-0.25, -0.2) is 4.98 Å². The smallest absolute Gasteiger partial charge is 0.241 e. The van der Waals surface area contributed by atoms with E-state index < -0.39 is 0 Å². The summed E-state index contributed by atoms with van der Waals surface area (Å²) in [5.41, 5.74) is 5.87. The third-order valence-corrected chi connectivity index (χ3v) is 3.87. The van der Waals surface area contributed by atoms with Crippen LogP contribution in [0.3, 0.4) is 0 Å². The summed E-state index contributed by atoms with van der Waals surface area (Å²) in [5.74, 6) is 1.46. The van der Waals surface area contributed by atoms with E-state index in [2.05, 4.69) is 31.8 Å². The number of hydrogen-bond acceptors (Lipinski definition) is 6. The van der Waals surface area contributed by atoms with Crippen LogP contribution in [0.2, 0.25) is 0 Å². The molecule has 1 fully saturated rings. The van der Waals surface area contributed by atoms with Crippen molar-refractivity contribution in [2.45, 2.75) is 45.1 Å². The van der Waals surface area contributed by atoms with Crippen molar-refractivity contribution in [3.8, 4) is 5.95 Å². The maximum Gasteiger partial charge on any atom is 0.241 e. The minimum Gasteiger partial charge on any atom is -0.368 e. The zero-order valence-electron chi connectivity index (χ0n) is 12.3. The molecule has 21 heavy (non-hydrogen) atoms. The zero-order valence-corrected chi connectivity index (χ0v) is 12.3. The Morgan fingerprint density at radius 2 is 2.10 bits per heavy atom. The summed E-state index contributed by atoms with van der Waals surface area (Å²) in [6.45, 7) is 3.20. The van der Waals surface area contributed by atoms with Gasteiger partial charge in [-0.15, -0.1) is 0 Å². The molecule has 2 N–H and O–H groups in total. The molecule has 0 radical (unpaired) electrons. The zero-order chi connectivity index (χ0) is 14.7. The first-order chi connectivity index (χ1) is 10.3. The van der Waals surface area contributed by atoms with Crippen molar-refractivity contribution in [2.24, 2.45) is 0 Å². The Bertz CT molecular complexity index is 579. The molecule has 1 aliphatic rings. The molecular weight excluding hydrogens is 266 g/mol. The number of rotatable bonds is 4. The van der Waals surface area contributed by atoms with E-state index in [1.807, 2.05) is 0 Å². The van der Waals surface area contributed by atoms with Crippen LogP contribution in [0.25, 0.3) is 5.95 Å². The summed E-state index contributed by atoms with van der Waals surface area (Å²) in [5, 5.41) is 0. The van der Waals surface area contributed by atoms with Crippen molar-refractivity contribution < 1.29 is 0 Å². The first-order valence-electron chi connectivity index (χ1n) is 7.54. The summed E-state index contributed by atoms with van der Waals surface area (Å²) in [6.07, 6.45) is 11.1. The van der Waals surface area contributed by atoms with Crippen molar-refractivity contribution in [2.75, 3.05) is 17.2 Å². The third-order valence-electron chi connectivity index (χ3n) is 3.87. The molecule has 112 valence electrons. The fourth-order valence-corrected chi connectivity index (χ4v) is 2.89. The fourth-order valence-electron chi connectivity index (χ4n) is 2.89. The van der Waals surface area contributed by atoms with Crippen LogP contribution < -0.4 is 10.6 Å². The number of nitrogens with two attached hydrogens (primary N) is 1. The number of aromatic nitrogens is 5. The molecule has 0 amide bonds. The summed E-state index contributed by atoms with van der Waals surface area (Å²) in [7, 11) is 0. The Labute approximate surface area is 124 Å². The number of anilines is 2. The van der Waals surface area contributed by atoms with Gasteiger partial charge in [0.2, 0.25) is 17.8 Å². The molecule has 0 bridgehead atoms. The van der Waals surface area contributed by atoms with Gasteiger partial charge in [0.05, 0.1) is 0 Å². The Morgan fingerprint density at radius 3 is 2.86 bits per heavy atom. The van der Waals surface area contributed by atoms with Crippen LogP contribution in [0.5, 0.6) is 0 Å². The molecular formula is C14H21N7. The Morgan fingerprint density at radius 1 is 1.24 bits per heavy atom. The van der Waals surface area contributed by atoms with Gasteiger partial charge in [-0.1, -0.05) is 13.3 Å². The molecule has 2 aromatic heterocycles. The van der Waals surface area contributed by atoms with Crippen LogP contribution in [0.15, 0.2) is 18.7 Å². The monoisotopic (exact) mass is 287 g/mol. The number of piperidine rings is 1. The Balaban J connectivity index is 1.93. The van der Waals surface area contributed by atoms with E-state index in [1.54, 1.807) is 23.3 Å². The molecule has 3 heterocycles. The maximum atomic E-state index is 5.87. The summed E-state index contributed by atoms with van der Waals surface area (Å²) in [6, 6.07) is 0.501. The van der Waals surface area contributed by atoms with Crippen LogP contribution in [0, 0.1) is 0 Å². The number of nitrogens with zero attached hydrogens (tertiary/aromatic N) is 6.